The van der Waals surface area contributed by atoms with E-state index in [0.717, 1.165) is 16.8 Å². The molecule has 154 valence electrons. The Balaban J connectivity index is 1.35. The van der Waals surface area contributed by atoms with Gasteiger partial charge in [0.2, 0.25) is 6.79 Å². The summed E-state index contributed by atoms with van der Waals surface area (Å²) in [6, 6.07) is 19.2. The van der Waals surface area contributed by atoms with E-state index in [1.54, 1.807) is 12.4 Å². The van der Waals surface area contributed by atoms with Gasteiger partial charge >= 0.3 is 0 Å². The Kier molecular flexibility index (Phi) is 5.37. The topological polar surface area (TPSA) is 79.1 Å². The summed E-state index contributed by atoms with van der Waals surface area (Å²) in [4.78, 5) is 16.8. The molecule has 0 aliphatic carbocycles. The number of benzene rings is 2. The molecule has 1 aliphatic heterocycles. The van der Waals surface area contributed by atoms with Crippen molar-refractivity contribution in [1.29, 1.82) is 0 Å². The Morgan fingerprint density at radius 3 is 2.71 bits per heavy atom. The molecule has 0 fully saturated rings. The van der Waals surface area contributed by atoms with E-state index in [1.165, 1.54) is 11.8 Å². The fourth-order valence-corrected chi connectivity index (χ4v) is 4.14. The number of ketones is 1. The van der Waals surface area contributed by atoms with E-state index in [9.17, 15) is 4.79 Å². The van der Waals surface area contributed by atoms with Gasteiger partial charge in [-0.2, -0.15) is 0 Å². The number of carbonyl (C=O) groups excluding carboxylic acids is 1. The van der Waals surface area contributed by atoms with Gasteiger partial charge in [-0.15, -0.1) is 10.2 Å². The lowest BCUT2D eigenvalue weighted by Crippen LogP contribution is -2.07. The van der Waals surface area contributed by atoms with E-state index in [4.69, 9.17) is 9.47 Å². The van der Waals surface area contributed by atoms with E-state index in [0.29, 0.717) is 28.9 Å². The lowest BCUT2D eigenvalue weighted by molar-refractivity contribution is -0.116. The highest BCUT2D eigenvalue weighted by molar-refractivity contribution is 7.99. The van der Waals surface area contributed by atoms with Crippen LogP contribution in [0.5, 0.6) is 11.5 Å². The van der Waals surface area contributed by atoms with Crippen molar-refractivity contribution in [3.8, 4) is 28.6 Å². The number of thioether (sulfide) groups is 1. The standard InChI is InChI=1S/C23H18N4O3S/c28-19(11-16-8-9-20-21(12-16)30-15-29-20)14-31-23-26-25-22(17-5-4-10-24-13-17)27(23)18-6-2-1-3-7-18/h1-10,12-13H,11,14-15H2. The summed E-state index contributed by atoms with van der Waals surface area (Å²) in [6.07, 6.45) is 3.79. The normalized spacial score (nSPS) is 12.1. The molecule has 2 aromatic heterocycles. The van der Waals surface area contributed by atoms with E-state index in [1.807, 2.05) is 65.2 Å². The Hall–Kier alpha value is -3.65. The average Bonchev–Trinajstić information content (AvgIpc) is 3.45. The summed E-state index contributed by atoms with van der Waals surface area (Å²) in [5.74, 6) is 2.46. The molecule has 4 aromatic rings. The molecule has 0 atom stereocenters. The van der Waals surface area contributed by atoms with Crippen molar-refractivity contribution in [2.75, 3.05) is 12.5 Å². The quantitative estimate of drug-likeness (QED) is 0.411. The van der Waals surface area contributed by atoms with Crippen LogP contribution < -0.4 is 9.47 Å². The minimum atomic E-state index is 0.0920. The fourth-order valence-electron chi connectivity index (χ4n) is 3.33. The zero-order chi connectivity index (χ0) is 21.0. The molecular formula is C23H18N4O3S. The number of hydrogen-bond acceptors (Lipinski definition) is 7. The summed E-state index contributed by atoms with van der Waals surface area (Å²) in [7, 11) is 0. The number of hydrogen-bond donors (Lipinski definition) is 0. The van der Waals surface area contributed by atoms with Crippen molar-refractivity contribution in [3.05, 3.63) is 78.6 Å². The molecule has 5 rings (SSSR count). The Bertz CT molecular complexity index is 1210. The largest absolute Gasteiger partial charge is 0.454 e. The molecule has 0 N–H and O–H groups in total. The highest BCUT2D eigenvalue weighted by atomic mass is 32.2. The number of para-hydroxylation sites is 1. The number of rotatable bonds is 7. The number of ether oxygens (including phenoxy) is 2. The van der Waals surface area contributed by atoms with Crippen LogP contribution in [0.4, 0.5) is 0 Å². The molecule has 2 aromatic carbocycles. The maximum absolute atomic E-state index is 12.7. The number of nitrogens with zero attached hydrogens (tertiary/aromatic N) is 4. The van der Waals surface area contributed by atoms with Crippen LogP contribution in [0, 0.1) is 0 Å². The molecule has 7 nitrogen and oxygen atoms in total. The summed E-state index contributed by atoms with van der Waals surface area (Å²) < 4.78 is 12.7. The van der Waals surface area contributed by atoms with Gasteiger partial charge in [-0.25, -0.2) is 0 Å². The van der Waals surface area contributed by atoms with Crippen LogP contribution in [0.2, 0.25) is 0 Å². The first-order valence-corrected chi connectivity index (χ1v) is 10.7. The second-order valence-electron chi connectivity index (χ2n) is 6.91. The second kappa shape index (κ2) is 8.61. The van der Waals surface area contributed by atoms with Crippen molar-refractivity contribution in [1.82, 2.24) is 19.7 Å². The zero-order valence-electron chi connectivity index (χ0n) is 16.5. The van der Waals surface area contributed by atoms with Crippen LogP contribution in [-0.4, -0.2) is 38.1 Å². The second-order valence-corrected chi connectivity index (χ2v) is 7.85. The van der Waals surface area contributed by atoms with Gasteiger partial charge in [0.15, 0.2) is 22.5 Å². The number of carbonyl (C=O) groups is 1. The SMILES string of the molecule is O=C(CSc1nnc(-c2cccnc2)n1-c1ccccc1)Cc1ccc2c(c1)OCO2. The van der Waals surface area contributed by atoms with Gasteiger partial charge in [-0.3, -0.25) is 14.3 Å². The zero-order valence-corrected chi connectivity index (χ0v) is 17.3. The first-order chi connectivity index (χ1) is 15.3. The number of fused-ring (bicyclic) bond motifs is 1. The van der Waals surface area contributed by atoms with Crippen LogP contribution in [0.1, 0.15) is 5.56 Å². The first-order valence-electron chi connectivity index (χ1n) is 9.72. The third kappa shape index (κ3) is 4.15. The molecule has 0 saturated heterocycles. The van der Waals surface area contributed by atoms with Crippen LogP contribution >= 0.6 is 11.8 Å². The van der Waals surface area contributed by atoms with E-state index < -0.39 is 0 Å². The smallest absolute Gasteiger partial charge is 0.231 e. The highest BCUT2D eigenvalue weighted by Crippen LogP contribution is 2.33. The molecule has 0 amide bonds. The Morgan fingerprint density at radius 2 is 1.87 bits per heavy atom. The summed E-state index contributed by atoms with van der Waals surface area (Å²) in [5.41, 5.74) is 2.69. The van der Waals surface area contributed by atoms with E-state index in [2.05, 4.69) is 15.2 Å². The molecule has 0 bridgehead atoms. The number of aromatic nitrogens is 4. The number of pyridine rings is 1. The Labute approximate surface area is 183 Å². The van der Waals surface area contributed by atoms with Gasteiger partial charge in [0, 0.05) is 30.1 Å². The maximum Gasteiger partial charge on any atom is 0.231 e. The highest BCUT2D eigenvalue weighted by Gasteiger charge is 2.18. The minimum Gasteiger partial charge on any atom is -0.454 e. The third-order valence-corrected chi connectivity index (χ3v) is 5.76. The molecule has 0 radical (unpaired) electrons. The van der Waals surface area contributed by atoms with Crippen LogP contribution in [0.15, 0.2) is 78.2 Å². The lowest BCUT2D eigenvalue weighted by atomic mass is 10.1. The summed E-state index contributed by atoms with van der Waals surface area (Å²) in [6.45, 7) is 0.219. The molecule has 31 heavy (non-hydrogen) atoms. The molecular weight excluding hydrogens is 412 g/mol. The van der Waals surface area contributed by atoms with Crippen LogP contribution in [-0.2, 0) is 11.2 Å². The molecule has 1 aliphatic rings. The van der Waals surface area contributed by atoms with Gasteiger partial charge in [0.1, 0.15) is 5.78 Å². The Morgan fingerprint density at radius 1 is 1.00 bits per heavy atom. The minimum absolute atomic E-state index is 0.0920. The molecule has 0 saturated carbocycles. The fraction of sp³-hybridized carbons (Fsp3) is 0.130. The molecule has 3 heterocycles. The first kappa shape index (κ1) is 19.3. The van der Waals surface area contributed by atoms with Gasteiger partial charge in [-0.1, -0.05) is 36.0 Å². The maximum atomic E-state index is 12.7. The van der Waals surface area contributed by atoms with E-state index in [-0.39, 0.29) is 18.3 Å². The van der Waals surface area contributed by atoms with Crippen LogP contribution in [0.3, 0.4) is 0 Å². The van der Waals surface area contributed by atoms with Crippen molar-refractivity contribution in [2.45, 2.75) is 11.6 Å². The molecule has 8 heteroatoms. The van der Waals surface area contributed by atoms with Crippen molar-refractivity contribution in [3.63, 3.8) is 0 Å². The van der Waals surface area contributed by atoms with Crippen molar-refractivity contribution in [2.24, 2.45) is 0 Å². The monoisotopic (exact) mass is 430 g/mol. The predicted octanol–water partition coefficient (Wildman–Crippen LogP) is 3.96. The van der Waals surface area contributed by atoms with Gasteiger partial charge < -0.3 is 9.47 Å². The van der Waals surface area contributed by atoms with E-state index >= 15 is 0 Å². The summed E-state index contributed by atoms with van der Waals surface area (Å²) >= 11 is 1.37. The van der Waals surface area contributed by atoms with Gasteiger partial charge in [0.05, 0.1) is 5.75 Å². The predicted molar refractivity (Wildman–Crippen MR) is 117 cm³/mol. The molecule has 0 spiro atoms. The third-order valence-electron chi connectivity index (χ3n) is 4.77. The van der Waals surface area contributed by atoms with Crippen molar-refractivity contribution < 1.29 is 14.3 Å². The lowest BCUT2D eigenvalue weighted by Gasteiger charge is -2.10. The molecule has 0 unspecified atom stereocenters. The van der Waals surface area contributed by atoms with Gasteiger partial charge in [-0.05, 0) is 42.0 Å². The van der Waals surface area contributed by atoms with Crippen molar-refractivity contribution >= 4 is 17.5 Å². The van der Waals surface area contributed by atoms with Gasteiger partial charge in [0.25, 0.3) is 0 Å². The average molecular weight is 430 g/mol. The number of Topliss-reactive ketones (excluding diaryl/α,β-unsaturated/α-hetero) is 1. The summed E-state index contributed by atoms with van der Waals surface area (Å²) in [5, 5.41) is 9.39. The van der Waals surface area contributed by atoms with Crippen LogP contribution in [0.25, 0.3) is 17.1 Å².